The van der Waals surface area contributed by atoms with Crippen LogP contribution in [0, 0.1) is 10.1 Å². The first-order valence-corrected chi connectivity index (χ1v) is 6.97. The minimum absolute atomic E-state index is 0.0816. The summed E-state index contributed by atoms with van der Waals surface area (Å²) in [5.41, 5.74) is 1.22. The zero-order chi connectivity index (χ0) is 16.7. The van der Waals surface area contributed by atoms with E-state index in [4.69, 9.17) is 4.74 Å². The monoisotopic (exact) mass is 315 g/mol. The molecule has 0 unspecified atom stereocenters. The molecule has 7 nitrogen and oxygen atoms in total. The molecule has 0 saturated heterocycles. The highest BCUT2D eigenvalue weighted by molar-refractivity contribution is 5.89. The number of carbonyl (C=O) groups excluding carboxylic acids is 1. The van der Waals surface area contributed by atoms with E-state index in [1.165, 1.54) is 18.2 Å². The molecule has 23 heavy (non-hydrogen) atoms. The topological polar surface area (TPSA) is 93.5 Å². The normalized spacial score (nSPS) is 11.5. The predicted molar refractivity (Wildman–Crippen MR) is 86.3 cm³/mol. The number of rotatable bonds is 6. The first kappa shape index (κ1) is 16.4. The molecular formula is C16H17N3O4. The van der Waals surface area contributed by atoms with E-state index in [0.29, 0.717) is 5.69 Å². The van der Waals surface area contributed by atoms with E-state index in [1.807, 2.05) is 30.3 Å². The minimum atomic E-state index is -0.514. The molecule has 2 amide bonds. The molecule has 0 fully saturated rings. The Morgan fingerprint density at radius 1 is 1.22 bits per heavy atom. The summed E-state index contributed by atoms with van der Waals surface area (Å²) >= 11 is 0. The van der Waals surface area contributed by atoms with Crippen LogP contribution in [0.1, 0.15) is 11.7 Å². The van der Waals surface area contributed by atoms with Gasteiger partial charge in [-0.3, -0.25) is 10.1 Å². The molecular weight excluding hydrogens is 298 g/mol. The second-order valence-corrected chi connectivity index (χ2v) is 4.78. The smallest absolute Gasteiger partial charge is 0.319 e. The minimum Gasteiger partial charge on any atom is -0.375 e. The van der Waals surface area contributed by atoms with Gasteiger partial charge in [0.05, 0.1) is 11.0 Å². The molecule has 0 aliphatic heterocycles. The molecule has 0 heterocycles. The summed E-state index contributed by atoms with van der Waals surface area (Å²) in [4.78, 5) is 22.1. The van der Waals surface area contributed by atoms with Crippen LogP contribution in [0.4, 0.5) is 16.2 Å². The maximum absolute atomic E-state index is 11.9. The molecule has 0 bridgehead atoms. The van der Waals surface area contributed by atoms with Crippen molar-refractivity contribution in [1.82, 2.24) is 5.32 Å². The number of amides is 2. The van der Waals surface area contributed by atoms with Crippen molar-refractivity contribution >= 4 is 17.4 Å². The third-order valence-corrected chi connectivity index (χ3v) is 3.22. The number of hydrogen-bond acceptors (Lipinski definition) is 4. The summed E-state index contributed by atoms with van der Waals surface area (Å²) in [6.07, 6.45) is -0.271. The lowest BCUT2D eigenvalue weighted by Crippen LogP contribution is -2.32. The molecule has 2 aromatic rings. The van der Waals surface area contributed by atoms with Gasteiger partial charge in [-0.2, -0.15) is 0 Å². The lowest BCUT2D eigenvalue weighted by Gasteiger charge is -2.16. The molecule has 2 aromatic carbocycles. The Bertz CT molecular complexity index is 676. The van der Waals surface area contributed by atoms with Gasteiger partial charge in [0.15, 0.2) is 0 Å². The van der Waals surface area contributed by atoms with Gasteiger partial charge in [-0.1, -0.05) is 36.4 Å². The lowest BCUT2D eigenvalue weighted by atomic mass is 10.1. The number of non-ortho nitro benzene ring substituents is 1. The highest BCUT2D eigenvalue weighted by Gasteiger charge is 2.12. The fourth-order valence-electron chi connectivity index (χ4n) is 2.06. The van der Waals surface area contributed by atoms with Crippen molar-refractivity contribution in [3.8, 4) is 0 Å². The number of carbonyl (C=O) groups is 1. The molecule has 2 N–H and O–H groups in total. The van der Waals surface area contributed by atoms with Crippen LogP contribution in [-0.4, -0.2) is 24.6 Å². The average molecular weight is 315 g/mol. The molecule has 1 atom stereocenters. The number of methoxy groups -OCH3 is 1. The Labute approximate surface area is 133 Å². The number of benzene rings is 2. The van der Waals surface area contributed by atoms with Crippen LogP contribution in [-0.2, 0) is 4.74 Å². The second-order valence-electron chi connectivity index (χ2n) is 4.78. The molecule has 0 spiro atoms. The van der Waals surface area contributed by atoms with Gasteiger partial charge in [-0.25, -0.2) is 4.79 Å². The SMILES string of the molecule is CO[C@H](CNC(=O)Nc1cccc([N+](=O)[O-])c1)c1ccccc1. The van der Waals surface area contributed by atoms with E-state index in [0.717, 1.165) is 5.56 Å². The largest absolute Gasteiger partial charge is 0.375 e. The Kier molecular flexibility index (Phi) is 5.65. The van der Waals surface area contributed by atoms with Crippen LogP contribution < -0.4 is 10.6 Å². The van der Waals surface area contributed by atoms with Crippen LogP contribution in [0.25, 0.3) is 0 Å². The number of nitro benzene ring substituents is 1. The Morgan fingerprint density at radius 2 is 1.96 bits per heavy atom. The molecule has 0 aromatic heterocycles. The number of ether oxygens (including phenoxy) is 1. The maximum atomic E-state index is 11.9. The third-order valence-electron chi connectivity index (χ3n) is 3.22. The van der Waals surface area contributed by atoms with Gasteiger partial charge >= 0.3 is 6.03 Å². The van der Waals surface area contributed by atoms with Gasteiger partial charge in [-0.15, -0.1) is 0 Å². The number of nitro groups is 1. The molecule has 0 aliphatic carbocycles. The second kappa shape index (κ2) is 7.90. The molecule has 2 rings (SSSR count). The summed E-state index contributed by atoms with van der Waals surface area (Å²) in [5, 5.41) is 16.0. The zero-order valence-corrected chi connectivity index (χ0v) is 12.6. The number of urea groups is 1. The van der Waals surface area contributed by atoms with Crippen molar-refractivity contribution in [2.75, 3.05) is 19.0 Å². The van der Waals surface area contributed by atoms with Crippen molar-refractivity contribution in [3.63, 3.8) is 0 Å². The van der Waals surface area contributed by atoms with Gasteiger partial charge in [0.25, 0.3) is 5.69 Å². The van der Waals surface area contributed by atoms with Gasteiger partial charge < -0.3 is 15.4 Å². The van der Waals surface area contributed by atoms with Gasteiger partial charge in [0.2, 0.25) is 0 Å². The van der Waals surface area contributed by atoms with Crippen molar-refractivity contribution < 1.29 is 14.5 Å². The first-order chi connectivity index (χ1) is 11.1. The van der Waals surface area contributed by atoms with Crippen LogP contribution in [0.15, 0.2) is 54.6 Å². The summed E-state index contributed by atoms with van der Waals surface area (Å²) < 4.78 is 5.36. The van der Waals surface area contributed by atoms with E-state index in [2.05, 4.69) is 10.6 Å². The summed E-state index contributed by atoms with van der Waals surface area (Å²) in [6.45, 7) is 0.279. The van der Waals surface area contributed by atoms with E-state index in [-0.39, 0.29) is 18.3 Å². The van der Waals surface area contributed by atoms with E-state index >= 15 is 0 Å². The zero-order valence-electron chi connectivity index (χ0n) is 12.6. The van der Waals surface area contributed by atoms with E-state index in [1.54, 1.807) is 13.2 Å². The first-order valence-electron chi connectivity index (χ1n) is 6.97. The van der Waals surface area contributed by atoms with E-state index < -0.39 is 11.0 Å². The lowest BCUT2D eigenvalue weighted by molar-refractivity contribution is -0.384. The number of hydrogen-bond donors (Lipinski definition) is 2. The fourth-order valence-corrected chi connectivity index (χ4v) is 2.06. The quantitative estimate of drug-likeness (QED) is 0.632. The van der Waals surface area contributed by atoms with Gasteiger partial charge in [0, 0.05) is 31.5 Å². The number of nitrogens with one attached hydrogen (secondary N) is 2. The molecule has 0 radical (unpaired) electrons. The van der Waals surface area contributed by atoms with Crippen molar-refractivity contribution in [2.24, 2.45) is 0 Å². The highest BCUT2D eigenvalue weighted by Crippen LogP contribution is 2.17. The Balaban J connectivity index is 1.92. The van der Waals surface area contributed by atoms with Gasteiger partial charge in [0.1, 0.15) is 0 Å². The van der Waals surface area contributed by atoms with Crippen LogP contribution >= 0.6 is 0 Å². The third kappa shape index (κ3) is 4.79. The van der Waals surface area contributed by atoms with Crippen molar-refractivity contribution in [3.05, 3.63) is 70.3 Å². The van der Waals surface area contributed by atoms with Crippen molar-refractivity contribution in [1.29, 1.82) is 0 Å². The van der Waals surface area contributed by atoms with Crippen molar-refractivity contribution in [2.45, 2.75) is 6.10 Å². The Morgan fingerprint density at radius 3 is 2.61 bits per heavy atom. The summed E-state index contributed by atoms with van der Waals surface area (Å²) in [5.74, 6) is 0. The number of nitrogens with zero attached hydrogens (tertiary/aromatic N) is 1. The van der Waals surface area contributed by atoms with Crippen LogP contribution in [0.2, 0.25) is 0 Å². The Hall–Kier alpha value is -2.93. The van der Waals surface area contributed by atoms with E-state index in [9.17, 15) is 14.9 Å². The molecule has 120 valence electrons. The van der Waals surface area contributed by atoms with Crippen LogP contribution in [0.3, 0.4) is 0 Å². The molecule has 0 aliphatic rings. The molecule has 7 heteroatoms. The standard InChI is InChI=1S/C16H17N3O4/c1-23-15(12-6-3-2-4-7-12)11-17-16(20)18-13-8-5-9-14(10-13)19(21)22/h2-10,15H,11H2,1H3,(H2,17,18,20)/t15-/m1/s1. The highest BCUT2D eigenvalue weighted by atomic mass is 16.6. The van der Waals surface area contributed by atoms with Crippen LogP contribution in [0.5, 0.6) is 0 Å². The fraction of sp³-hybridized carbons (Fsp3) is 0.188. The maximum Gasteiger partial charge on any atom is 0.319 e. The molecule has 0 saturated carbocycles. The summed E-state index contributed by atoms with van der Waals surface area (Å²) in [6, 6.07) is 14.8. The average Bonchev–Trinajstić information content (AvgIpc) is 2.56. The predicted octanol–water partition coefficient (Wildman–Crippen LogP) is 3.10. The van der Waals surface area contributed by atoms with Gasteiger partial charge in [-0.05, 0) is 11.6 Å². The summed E-state index contributed by atoms with van der Waals surface area (Å²) in [7, 11) is 1.57. The number of anilines is 1.